The zero-order valence-electron chi connectivity index (χ0n) is 12.1. The van der Waals surface area contributed by atoms with Crippen LogP contribution < -0.4 is 0 Å². The fourth-order valence-electron chi connectivity index (χ4n) is 3.14. The summed E-state index contributed by atoms with van der Waals surface area (Å²) >= 11 is 6.14. The summed E-state index contributed by atoms with van der Waals surface area (Å²) in [4.78, 5) is 7.18. The summed E-state index contributed by atoms with van der Waals surface area (Å²) in [6, 6.07) is 6.84. The largest absolute Gasteiger partial charge is 0.298 e. The Labute approximate surface area is 124 Å². The predicted octanol–water partition coefficient (Wildman–Crippen LogP) is 3.19. The van der Waals surface area contributed by atoms with E-state index in [0.717, 1.165) is 17.9 Å². The van der Waals surface area contributed by atoms with E-state index in [-0.39, 0.29) is 0 Å². The second-order valence-electron chi connectivity index (χ2n) is 5.83. The van der Waals surface area contributed by atoms with Crippen LogP contribution in [-0.4, -0.2) is 38.1 Å². The van der Waals surface area contributed by atoms with Gasteiger partial charge in [0, 0.05) is 18.5 Å². The molecule has 3 heterocycles. The van der Waals surface area contributed by atoms with Crippen LogP contribution >= 0.6 is 11.6 Å². The molecule has 0 bridgehead atoms. The molecule has 5 heteroatoms. The summed E-state index contributed by atoms with van der Waals surface area (Å²) < 4.78 is 1.72. The number of nitrogens with zero attached hydrogens (tertiary/aromatic N) is 4. The van der Waals surface area contributed by atoms with E-state index >= 15 is 0 Å². The normalized spacial score (nSPS) is 20.9. The van der Waals surface area contributed by atoms with Crippen molar-refractivity contribution in [3.63, 3.8) is 0 Å². The van der Waals surface area contributed by atoms with Gasteiger partial charge in [-0.3, -0.25) is 4.90 Å². The van der Waals surface area contributed by atoms with Crippen LogP contribution in [0.25, 0.3) is 5.65 Å². The Kier molecular flexibility index (Phi) is 3.94. The summed E-state index contributed by atoms with van der Waals surface area (Å²) in [5.41, 5.74) is 0.833. The molecule has 0 aliphatic carbocycles. The Morgan fingerprint density at radius 3 is 2.95 bits per heavy atom. The second kappa shape index (κ2) is 5.70. The molecule has 1 aliphatic heterocycles. The van der Waals surface area contributed by atoms with Crippen molar-refractivity contribution < 1.29 is 0 Å². The van der Waals surface area contributed by atoms with Crippen LogP contribution in [0.2, 0.25) is 5.15 Å². The van der Waals surface area contributed by atoms with Gasteiger partial charge in [0.15, 0.2) is 11.5 Å². The molecule has 0 radical (unpaired) electrons. The maximum absolute atomic E-state index is 6.14. The average molecular weight is 293 g/mol. The number of piperidine rings is 1. The minimum Gasteiger partial charge on any atom is -0.298 e. The molecule has 1 atom stereocenters. The molecule has 0 saturated carbocycles. The van der Waals surface area contributed by atoms with Crippen molar-refractivity contribution >= 4 is 17.2 Å². The Morgan fingerprint density at radius 2 is 2.20 bits per heavy atom. The van der Waals surface area contributed by atoms with Gasteiger partial charge in [-0.2, -0.15) is 0 Å². The summed E-state index contributed by atoms with van der Waals surface area (Å²) in [6.45, 7) is 5.73. The molecule has 2 aromatic rings. The highest BCUT2D eigenvalue weighted by Gasteiger charge is 2.25. The Balaban J connectivity index is 1.82. The molecule has 0 N–H and O–H groups in total. The van der Waals surface area contributed by atoms with E-state index in [9.17, 15) is 0 Å². The third-order valence-corrected chi connectivity index (χ3v) is 4.40. The fraction of sp³-hybridized carbons (Fsp3) is 0.600. The van der Waals surface area contributed by atoms with Crippen molar-refractivity contribution in [3.8, 4) is 0 Å². The molecule has 1 saturated heterocycles. The smallest absolute Gasteiger partial charge is 0.157 e. The standard InChI is InChI=1S/C15H21ClN4/c1-11(2)19-9-4-3-6-12(19)10-14-17-15-8-5-7-13(16)20(15)18-14/h5,7-8,11-12H,3-4,6,9-10H2,1-2H3. The third-order valence-electron chi connectivity index (χ3n) is 4.11. The van der Waals surface area contributed by atoms with Crippen LogP contribution in [0.15, 0.2) is 18.2 Å². The lowest BCUT2D eigenvalue weighted by molar-refractivity contribution is 0.110. The van der Waals surface area contributed by atoms with E-state index in [4.69, 9.17) is 11.6 Å². The first kappa shape index (κ1) is 13.8. The van der Waals surface area contributed by atoms with Gasteiger partial charge in [-0.05, 0) is 45.4 Å². The molecule has 0 aromatic carbocycles. The van der Waals surface area contributed by atoms with Gasteiger partial charge in [0.1, 0.15) is 5.15 Å². The van der Waals surface area contributed by atoms with Gasteiger partial charge in [-0.15, -0.1) is 5.10 Å². The third kappa shape index (κ3) is 2.67. The lowest BCUT2D eigenvalue weighted by Crippen LogP contribution is -2.45. The number of hydrogen-bond acceptors (Lipinski definition) is 3. The number of likely N-dealkylation sites (tertiary alicyclic amines) is 1. The summed E-state index contributed by atoms with van der Waals surface area (Å²) in [5.74, 6) is 0.899. The molecule has 1 unspecified atom stereocenters. The van der Waals surface area contributed by atoms with Crippen molar-refractivity contribution in [2.24, 2.45) is 0 Å². The highest BCUT2D eigenvalue weighted by molar-refractivity contribution is 6.29. The van der Waals surface area contributed by atoms with E-state index in [1.165, 1.54) is 25.8 Å². The molecule has 108 valence electrons. The number of fused-ring (bicyclic) bond motifs is 1. The van der Waals surface area contributed by atoms with Crippen molar-refractivity contribution in [3.05, 3.63) is 29.2 Å². The van der Waals surface area contributed by atoms with Gasteiger partial charge in [-0.1, -0.05) is 24.1 Å². The average Bonchev–Trinajstić information content (AvgIpc) is 2.83. The molecule has 4 nitrogen and oxygen atoms in total. The zero-order valence-corrected chi connectivity index (χ0v) is 12.8. The van der Waals surface area contributed by atoms with E-state index in [1.54, 1.807) is 4.52 Å². The molecule has 1 fully saturated rings. The van der Waals surface area contributed by atoms with E-state index in [2.05, 4.69) is 28.8 Å². The molecular formula is C15H21ClN4. The first-order valence-electron chi connectivity index (χ1n) is 7.41. The zero-order chi connectivity index (χ0) is 14.1. The highest BCUT2D eigenvalue weighted by atomic mass is 35.5. The first-order valence-corrected chi connectivity index (χ1v) is 7.79. The quantitative estimate of drug-likeness (QED) is 0.815. The molecule has 3 rings (SSSR count). The maximum atomic E-state index is 6.14. The number of rotatable bonds is 3. The van der Waals surface area contributed by atoms with Crippen molar-refractivity contribution in [2.75, 3.05) is 6.54 Å². The van der Waals surface area contributed by atoms with Gasteiger partial charge in [0.25, 0.3) is 0 Å². The molecule has 0 amide bonds. The number of hydrogen-bond donors (Lipinski definition) is 0. The van der Waals surface area contributed by atoms with E-state index in [1.807, 2.05) is 18.2 Å². The van der Waals surface area contributed by atoms with Crippen molar-refractivity contribution in [2.45, 2.75) is 51.6 Å². The molecule has 2 aromatic heterocycles. The van der Waals surface area contributed by atoms with E-state index < -0.39 is 0 Å². The monoisotopic (exact) mass is 292 g/mol. The Bertz CT molecular complexity index is 593. The van der Waals surface area contributed by atoms with Gasteiger partial charge in [0.2, 0.25) is 0 Å². The van der Waals surface area contributed by atoms with Crippen LogP contribution in [0.4, 0.5) is 0 Å². The number of halogens is 1. The second-order valence-corrected chi connectivity index (χ2v) is 6.22. The van der Waals surface area contributed by atoms with Crippen LogP contribution in [0.3, 0.4) is 0 Å². The predicted molar refractivity (Wildman–Crippen MR) is 81.2 cm³/mol. The summed E-state index contributed by atoms with van der Waals surface area (Å²) in [5, 5.41) is 5.16. The van der Waals surface area contributed by atoms with Gasteiger partial charge < -0.3 is 0 Å². The lowest BCUT2D eigenvalue weighted by atomic mass is 9.97. The van der Waals surface area contributed by atoms with Crippen LogP contribution in [0.1, 0.15) is 38.9 Å². The molecular weight excluding hydrogens is 272 g/mol. The lowest BCUT2D eigenvalue weighted by Gasteiger charge is -2.38. The van der Waals surface area contributed by atoms with Crippen molar-refractivity contribution in [1.82, 2.24) is 19.5 Å². The number of aromatic nitrogens is 3. The van der Waals surface area contributed by atoms with Gasteiger partial charge in [0.05, 0.1) is 0 Å². The minimum absolute atomic E-state index is 0.555. The fourth-order valence-corrected chi connectivity index (χ4v) is 3.33. The molecule has 20 heavy (non-hydrogen) atoms. The van der Waals surface area contributed by atoms with Gasteiger partial charge in [-0.25, -0.2) is 9.50 Å². The summed E-state index contributed by atoms with van der Waals surface area (Å²) in [7, 11) is 0. The van der Waals surface area contributed by atoms with Gasteiger partial charge >= 0.3 is 0 Å². The number of pyridine rings is 1. The Hall–Kier alpha value is -1.13. The minimum atomic E-state index is 0.555. The summed E-state index contributed by atoms with van der Waals surface area (Å²) in [6.07, 6.45) is 4.76. The van der Waals surface area contributed by atoms with E-state index in [0.29, 0.717) is 17.2 Å². The topological polar surface area (TPSA) is 33.4 Å². The van der Waals surface area contributed by atoms with Crippen molar-refractivity contribution in [1.29, 1.82) is 0 Å². The SMILES string of the molecule is CC(C)N1CCCCC1Cc1nc2cccc(Cl)n2n1. The van der Waals surface area contributed by atoms with Crippen LogP contribution in [-0.2, 0) is 6.42 Å². The molecule has 0 spiro atoms. The highest BCUT2D eigenvalue weighted by Crippen LogP contribution is 2.22. The Morgan fingerprint density at radius 1 is 1.35 bits per heavy atom. The van der Waals surface area contributed by atoms with Crippen LogP contribution in [0, 0.1) is 0 Å². The maximum Gasteiger partial charge on any atom is 0.157 e. The molecule has 1 aliphatic rings. The first-order chi connectivity index (χ1) is 9.65. The van der Waals surface area contributed by atoms with Crippen LogP contribution in [0.5, 0.6) is 0 Å².